The molecule has 0 nitrogen and oxygen atoms in total. The van der Waals surface area contributed by atoms with Crippen LogP contribution in [0.1, 0.15) is 54.8 Å². The first-order valence-corrected chi connectivity index (χ1v) is 0. The minimum Gasteiger partial charge on any atom is -1.00 e. The van der Waals surface area contributed by atoms with Crippen LogP contribution in [-0.4, -0.2) is 0 Å². The third-order valence-electron chi connectivity index (χ3n) is 0. The van der Waals surface area contributed by atoms with Crippen LogP contribution in [0.2, 0.25) is 0 Å². The second-order valence-corrected chi connectivity index (χ2v) is 0. The Balaban J connectivity index is 0. The maximum absolute atomic E-state index is 0. The molecule has 72 valence electrons. The molecule has 3 heteroatoms. The summed E-state index contributed by atoms with van der Waals surface area (Å²) in [6.07, 6.45) is 0. The van der Waals surface area contributed by atoms with Gasteiger partial charge in [-0.25, -0.2) is 0 Å². The summed E-state index contributed by atoms with van der Waals surface area (Å²) in [6.45, 7) is 0. The van der Waals surface area contributed by atoms with Crippen LogP contribution in [0, 0.1) is 38.5 Å². The fourth-order valence-corrected chi connectivity index (χ4v) is 0. The van der Waals surface area contributed by atoms with E-state index in [0.29, 0.717) is 0 Å². The van der Waals surface area contributed by atoms with Gasteiger partial charge in [0.2, 0.25) is 0 Å². The molecule has 0 heterocycles. The molecular formula is C8H34K2U. The van der Waals surface area contributed by atoms with Crippen molar-refractivity contribution in [1.29, 1.82) is 0 Å². The average molecular weight is 449 g/mol. The number of hydrogen-bond donors (Lipinski definition) is 0. The molecule has 0 bridgehead atoms. The largest absolute Gasteiger partial charge is 1.00 e. The van der Waals surface area contributed by atoms with Crippen LogP contribution in [0.4, 0.5) is 0 Å². The van der Waals surface area contributed by atoms with Gasteiger partial charge >= 0.3 is 103 Å². The second-order valence-electron chi connectivity index (χ2n) is 0. The molecule has 0 aliphatic heterocycles. The summed E-state index contributed by atoms with van der Waals surface area (Å²) in [5, 5.41) is 0. The molecule has 0 aliphatic rings. The number of hydrogen-bond acceptors (Lipinski definition) is 0. The van der Waals surface area contributed by atoms with E-state index in [2.05, 4.69) is 0 Å². The molecule has 0 N–H and O–H groups in total. The zero-order valence-corrected chi connectivity index (χ0v) is 13.9. The Bertz CT molecular complexity index is 20.1. The van der Waals surface area contributed by atoms with Crippen molar-refractivity contribution in [3.63, 3.8) is 0 Å². The third-order valence-corrected chi connectivity index (χ3v) is 0. The van der Waals surface area contributed by atoms with Crippen molar-refractivity contribution < 1.29 is 137 Å². The minimum absolute atomic E-state index is 0. The van der Waals surface area contributed by atoms with Crippen molar-refractivity contribution in [3.8, 4) is 0 Å². The molecule has 0 radical (unpaired) electrons. The summed E-state index contributed by atoms with van der Waals surface area (Å²) in [6, 6.07) is 0. The Hall–Kier alpha value is 4.32. The molecule has 0 aromatic carbocycles. The van der Waals surface area contributed by atoms with E-state index < -0.39 is 0 Å². The van der Waals surface area contributed by atoms with E-state index in [4.69, 9.17) is 0 Å². The summed E-state index contributed by atoms with van der Waals surface area (Å²) in [4.78, 5) is 0. The molecule has 0 aromatic rings. The van der Waals surface area contributed by atoms with Crippen LogP contribution < -0.4 is 103 Å². The van der Waals surface area contributed by atoms with Gasteiger partial charge in [0.15, 0.2) is 0 Å². The van der Waals surface area contributed by atoms with E-state index in [1.165, 1.54) is 0 Å². The Labute approximate surface area is 191 Å². The molecule has 0 amide bonds. The monoisotopic (exact) mass is 448 g/mol. The fourth-order valence-electron chi connectivity index (χ4n) is 0. The van der Waals surface area contributed by atoms with Crippen LogP contribution in [0.15, 0.2) is 0 Å². The summed E-state index contributed by atoms with van der Waals surface area (Å²) in [5.74, 6) is 0. The fraction of sp³-hybridized carbons (Fsp3) is 0.875. The van der Waals surface area contributed by atoms with Gasteiger partial charge in [0.25, 0.3) is 0 Å². The van der Waals surface area contributed by atoms with E-state index in [9.17, 15) is 0 Å². The van der Waals surface area contributed by atoms with Crippen LogP contribution in [-0.2, 0) is 0 Å². The third kappa shape index (κ3) is 116. The molecule has 0 unspecified atom stereocenters. The molecule has 0 aromatic heterocycles. The van der Waals surface area contributed by atoms with Gasteiger partial charge in [-0.15, -0.1) is 0 Å². The summed E-state index contributed by atoms with van der Waals surface area (Å²) >= 11 is 0. The summed E-state index contributed by atoms with van der Waals surface area (Å²) < 4.78 is 0. The van der Waals surface area contributed by atoms with Crippen molar-refractivity contribution in [2.24, 2.45) is 0 Å². The summed E-state index contributed by atoms with van der Waals surface area (Å²) in [7, 11) is 0. The summed E-state index contributed by atoms with van der Waals surface area (Å²) in [5.41, 5.74) is 0. The van der Waals surface area contributed by atoms with Gasteiger partial charge < -0.3 is 8.85 Å². The van der Waals surface area contributed by atoms with Gasteiger partial charge in [-0.2, -0.15) is 0 Å². The van der Waals surface area contributed by atoms with Gasteiger partial charge in [0.1, 0.15) is 0 Å². The molecule has 0 rings (SSSR count). The SMILES string of the molecule is C.C.C.C.C.C.C.[2H-].[2HH].[CH3-].[K+].[K+].[U]. The first-order valence-electron chi connectivity index (χ1n) is 0. The van der Waals surface area contributed by atoms with Crippen LogP contribution in [0.3, 0.4) is 0 Å². The van der Waals surface area contributed by atoms with E-state index in [1.807, 2.05) is 0 Å². The molecule has 0 fully saturated rings. The Morgan fingerprint density at radius 2 is 0.545 bits per heavy atom. The zero-order chi connectivity index (χ0) is 0. The van der Waals surface area contributed by atoms with Gasteiger partial charge in [0.05, 0.1) is 0 Å². The topological polar surface area (TPSA) is 0 Å². The van der Waals surface area contributed by atoms with Crippen molar-refractivity contribution >= 4 is 0 Å². The van der Waals surface area contributed by atoms with Gasteiger partial charge in [-0.3, -0.25) is 0 Å². The van der Waals surface area contributed by atoms with E-state index in [-0.39, 0.29) is 196 Å². The smallest absolute Gasteiger partial charge is 1.00 e. The Morgan fingerprint density at radius 3 is 0.545 bits per heavy atom. The first kappa shape index (κ1) is 168. The van der Waals surface area contributed by atoms with Gasteiger partial charge in [-0.05, 0) is 0 Å². The maximum Gasteiger partial charge on any atom is 1.00 e. The molecular weight excluding hydrogens is 412 g/mol. The van der Waals surface area contributed by atoms with Crippen molar-refractivity contribution in [2.75, 3.05) is 0 Å². The number of rotatable bonds is 0. The van der Waals surface area contributed by atoms with Gasteiger partial charge in [0, 0.05) is 32.5 Å². The van der Waals surface area contributed by atoms with Gasteiger partial charge in [-0.1, -0.05) is 52.0 Å². The van der Waals surface area contributed by atoms with E-state index in [1.54, 1.807) is 0 Å². The molecule has 11 heavy (non-hydrogen) atoms. The average Bonchev–Trinajstić information content (AvgIpc) is 0. The predicted molar refractivity (Wildman–Crippen MR) is 56.8 cm³/mol. The zero-order valence-electron chi connectivity index (χ0n) is 4.50. The van der Waals surface area contributed by atoms with E-state index >= 15 is 0 Å². The molecule has 0 saturated carbocycles. The molecule has 0 atom stereocenters. The van der Waals surface area contributed by atoms with Crippen LogP contribution in [0.25, 0.3) is 0 Å². The second kappa shape index (κ2) is 136. The minimum atomic E-state index is 0. The van der Waals surface area contributed by atoms with Crippen molar-refractivity contribution in [1.82, 2.24) is 0 Å². The maximum atomic E-state index is 0. The first-order chi connectivity index (χ1) is 0. The Kier molecular flexibility index (Phi) is 2080. The quantitative estimate of drug-likeness (QED) is 0.339. The molecule has 0 spiro atoms. The molecule has 0 aliphatic carbocycles. The van der Waals surface area contributed by atoms with Crippen LogP contribution in [0.5, 0.6) is 0 Å². The van der Waals surface area contributed by atoms with Crippen molar-refractivity contribution in [2.45, 2.75) is 52.0 Å². The van der Waals surface area contributed by atoms with Crippen LogP contribution >= 0.6 is 0 Å². The normalized spacial score (nSPS) is 0. The van der Waals surface area contributed by atoms with E-state index in [0.717, 1.165) is 0 Å². The predicted octanol–water partition coefficient (Wildman–Crippen LogP) is -0.731. The standard InChI is InChI=1S/7CH4.CH3.2K.U.H2.H/h7*1H4;1H3;;;;1H;/q;;;;;;;-1;2*+1;;;-1/i;;;;;;;;;;;2*1+1. The Morgan fingerprint density at radius 1 is 0.545 bits per heavy atom. The van der Waals surface area contributed by atoms with Crippen molar-refractivity contribution in [3.05, 3.63) is 7.43 Å². The molecule has 0 saturated heterocycles.